The maximum absolute atomic E-state index is 12.8. The zero-order chi connectivity index (χ0) is 15.3. The lowest BCUT2D eigenvalue weighted by Gasteiger charge is -2.20. The van der Waals surface area contributed by atoms with Crippen molar-refractivity contribution in [3.05, 3.63) is 41.2 Å². The molecule has 0 spiro atoms. The molecule has 1 N–H and O–H groups in total. The van der Waals surface area contributed by atoms with Crippen molar-refractivity contribution in [3.8, 4) is 0 Å². The Hall–Kier alpha value is -1.82. The van der Waals surface area contributed by atoms with Gasteiger partial charge in [-0.05, 0) is 24.3 Å². The van der Waals surface area contributed by atoms with Gasteiger partial charge in [-0.25, -0.2) is 4.98 Å². The van der Waals surface area contributed by atoms with Crippen molar-refractivity contribution in [2.45, 2.75) is 24.6 Å². The number of nitrogens with one attached hydrogen (secondary N) is 1. The fourth-order valence-corrected chi connectivity index (χ4v) is 2.42. The molecule has 0 bridgehead atoms. The minimum absolute atomic E-state index is 0.0927. The Morgan fingerprint density at radius 3 is 2.57 bits per heavy atom. The van der Waals surface area contributed by atoms with Crippen LogP contribution in [0.2, 0.25) is 5.15 Å². The molecule has 0 atom stereocenters. The predicted octanol–water partition coefficient (Wildman–Crippen LogP) is 3.71. The molecule has 1 fully saturated rings. The molecule has 110 valence electrons. The molecule has 0 aliphatic heterocycles. The predicted molar refractivity (Wildman–Crippen MR) is 72.2 cm³/mol. The molecule has 2 aromatic rings. The smallest absolute Gasteiger partial charge is 0.336 e. The molecule has 1 heterocycles. The van der Waals surface area contributed by atoms with E-state index in [4.69, 9.17) is 11.6 Å². The number of aromatic nitrogens is 1. The number of pyridine rings is 1. The summed E-state index contributed by atoms with van der Waals surface area (Å²) in [4.78, 5) is 15.9. The Balaban J connectivity index is 1.92. The van der Waals surface area contributed by atoms with Crippen LogP contribution >= 0.6 is 11.6 Å². The van der Waals surface area contributed by atoms with Gasteiger partial charge < -0.3 is 5.32 Å². The molecule has 0 unspecified atom stereocenters. The summed E-state index contributed by atoms with van der Waals surface area (Å²) in [5.41, 5.74) is -2.22. The van der Waals surface area contributed by atoms with Crippen LogP contribution in [0, 0.1) is 0 Å². The van der Waals surface area contributed by atoms with Crippen molar-refractivity contribution in [2.75, 3.05) is 0 Å². The first-order valence-electron chi connectivity index (χ1n) is 6.27. The standard InChI is InChI=1S/C14H10ClF3N2O/c15-11-9-4-2-1-3-8(9)7-10(19-11)12(21)20-13(5-6-13)14(16,17)18/h1-4,7H,5-6H2,(H,20,21). The molecule has 21 heavy (non-hydrogen) atoms. The van der Waals surface area contributed by atoms with E-state index in [2.05, 4.69) is 4.98 Å². The van der Waals surface area contributed by atoms with Crippen molar-refractivity contribution in [1.82, 2.24) is 10.3 Å². The highest BCUT2D eigenvalue weighted by molar-refractivity contribution is 6.34. The number of rotatable bonds is 2. The van der Waals surface area contributed by atoms with E-state index in [1.807, 2.05) is 5.32 Å². The topological polar surface area (TPSA) is 42.0 Å². The van der Waals surface area contributed by atoms with Gasteiger partial charge in [0.2, 0.25) is 0 Å². The summed E-state index contributed by atoms with van der Waals surface area (Å²) >= 11 is 5.97. The first-order chi connectivity index (χ1) is 9.82. The number of carbonyl (C=O) groups excluding carboxylic acids is 1. The Bertz CT molecular complexity index is 726. The molecule has 1 saturated carbocycles. The monoisotopic (exact) mass is 314 g/mol. The second-order valence-electron chi connectivity index (χ2n) is 5.05. The maximum atomic E-state index is 12.8. The molecule has 3 nitrogen and oxygen atoms in total. The van der Waals surface area contributed by atoms with E-state index in [9.17, 15) is 18.0 Å². The maximum Gasteiger partial charge on any atom is 0.411 e. The third-order valence-corrected chi connectivity index (χ3v) is 3.86. The van der Waals surface area contributed by atoms with Gasteiger partial charge in [0.25, 0.3) is 5.91 Å². The molecule has 3 rings (SSSR count). The van der Waals surface area contributed by atoms with E-state index in [1.165, 1.54) is 6.07 Å². The Kier molecular flexibility index (Phi) is 3.09. The van der Waals surface area contributed by atoms with E-state index >= 15 is 0 Å². The minimum Gasteiger partial charge on any atom is -0.336 e. The van der Waals surface area contributed by atoms with Crippen molar-refractivity contribution in [2.24, 2.45) is 0 Å². The summed E-state index contributed by atoms with van der Waals surface area (Å²) in [6.45, 7) is 0. The van der Waals surface area contributed by atoms with Gasteiger partial charge in [0.1, 0.15) is 16.4 Å². The largest absolute Gasteiger partial charge is 0.411 e. The number of amides is 1. The average Bonchev–Trinajstić information content (AvgIpc) is 3.19. The Morgan fingerprint density at radius 2 is 1.95 bits per heavy atom. The Labute approximate surface area is 123 Å². The van der Waals surface area contributed by atoms with E-state index in [-0.39, 0.29) is 23.7 Å². The van der Waals surface area contributed by atoms with Crippen LogP contribution in [0.5, 0.6) is 0 Å². The summed E-state index contributed by atoms with van der Waals surface area (Å²) in [7, 11) is 0. The van der Waals surface area contributed by atoms with Gasteiger partial charge in [-0.3, -0.25) is 4.79 Å². The zero-order valence-electron chi connectivity index (χ0n) is 10.7. The fourth-order valence-electron chi connectivity index (χ4n) is 2.16. The molecule has 0 saturated heterocycles. The minimum atomic E-state index is -4.46. The van der Waals surface area contributed by atoms with E-state index in [1.54, 1.807) is 24.3 Å². The molecular formula is C14H10ClF3N2O. The van der Waals surface area contributed by atoms with Crippen LogP contribution in [0.3, 0.4) is 0 Å². The van der Waals surface area contributed by atoms with Gasteiger partial charge in [-0.1, -0.05) is 35.9 Å². The van der Waals surface area contributed by atoms with E-state index in [0.29, 0.717) is 10.8 Å². The first-order valence-corrected chi connectivity index (χ1v) is 6.65. The molecule has 7 heteroatoms. The number of benzene rings is 1. The van der Waals surface area contributed by atoms with E-state index in [0.717, 1.165) is 0 Å². The molecule has 1 aromatic heterocycles. The summed E-state index contributed by atoms with van der Waals surface area (Å²) < 4.78 is 38.5. The average molecular weight is 315 g/mol. The molecule has 1 aromatic carbocycles. The van der Waals surface area contributed by atoms with Gasteiger partial charge in [0.05, 0.1) is 0 Å². The van der Waals surface area contributed by atoms with Crippen LogP contribution in [0.1, 0.15) is 23.3 Å². The van der Waals surface area contributed by atoms with Gasteiger partial charge in [0.15, 0.2) is 0 Å². The first kappa shape index (κ1) is 14.1. The molecule has 1 aliphatic carbocycles. The lowest BCUT2D eigenvalue weighted by Crippen LogP contribution is -2.48. The lowest BCUT2D eigenvalue weighted by atomic mass is 10.1. The van der Waals surface area contributed by atoms with Crippen LogP contribution < -0.4 is 5.32 Å². The van der Waals surface area contributed by atoms with Crippen molar-refractivity contribution < 1.29 is 18.0 Å². The second kappa shape index (κ2) is 4.59. The van der Waals surface area contributed by atoms with Gasteiger partial charge in [0, 0.05) is 5.39 Å². The lowest BCUT2D eigenvalue weighted by molar-refractivity contribution is -0.163. The van der Waals surface area contributed by atoms with Crippen molar-refractivity contribution in [3.63, 3.8) is 0 Å². The summed E-state index contributed by atoms with van der Waals surface area (Å²) in [5.74, 6) is -0.863. The fraction of sp³-hybridized carbons (Fsp3) is 0.286. The number of fused-ring (bicyclic) bond motifs is 1. The number of halogens is 4. The number of hydrogen-bond donors (Lipinski definition) is 1. The van der Waals surface area contributed by atoms with Crippen LogP contribution in [0.15, 0.2) is 30.3 Å². The Morgan fingerprint density at radius 1 is 1.29 bits per heavy atom. The molecular weight excluding hydrogens is 305 g/mol. The second-order valence-corrected chi connectivity index (χ2v) is 5.41. The number of hydrogen-bond acceptors (Lipinski definition) is 2. The third-order valence-electron chi connectivity index (χ3n) is 3.57. The van der Waals surface area contributed by atoms with Crippen molar-refractivity contribution in [1.29, 1.82) is 0 Å². The summed E-state index contributed by atoms with van der Waals surface area (Å²) in [6.07, 6.45) is -4.67. The van der Waals surface area contributed by atoms with Crippen LogP contribution in [0.4, 0.5) is 13.2 Å². The van der Waals surface area contributed by atoms with Crippen molar-refractivity contribution >= 4 is 28.3 Å². The van der Waals surface area contributed by atoms with E-state index < -0.39 is 17.6 Å². The third kappa shape index (κ3) is 2.44. The number of alkyl halides is 3. The van der Waals surface area contributed by atoms with Crippen LogP contribution in [-0.2, 0) is 0 Å². The SMILES string of the molecule is O=C(NC1(C(F)(F)F)CC1)c1cc2ccccc2c(Cl)n1. The normalized spacial score (nSPS) is 16.8. The molecule has 1 amide bonds. The summed E-state index contributed by atoms with van der Waals surface area (Å²) in [5, 5.41) is 3.42. The molecule has 1 aliphatic rings. The highest BCUT2D eigenvalue weighted by atomic mass is 35.5. The quantitative estimate of drug-likeness (QED) is 0.859. The highest BCUT2D eigenvalue weighted by Crippen LogP contribution is 2.49. The highest BCUT2D eigenvalue weighted by Gasteiger charge is 2.64. The van der Waals surface area contributed by atoms with Gasteiger partial charge in [-0.2, -0.15) is 13.2 Å². The van der Waals surface area contributed by atoms with Gasteiger partial charge in [-0.15, -0.1) is 0 Å². The van der Waals surface area contributed by atoms with Gasteiger partial charge >= 0.3 is 6.18 Å². The van der Waals surface area contributed by atoms with Crippen LogP contribution in [0.25, 0.3) is 10.8 Å². The summed E-state index contributed by atoms with van der Waals surface area (Å²) in [6, 6.07) is 8.39. The zero-order valence-corrected chi connectivity index (χ0v) is 11.4. The molecule has 0 radical (unpaired) electrons. The van der Waals surface area contributed by atoms with Crippen LogP contribution in [-0.4, -0.2) is 22.6 Å². The number of carbonyl (C=O) groups is 1. The number of nitrogens with zero attached hydrogens (tertiary/aromatic N) is 1.